The van der Waals surface area contributed by atoms with Gasteiger partial charge in [-0.05, 0) is 50.0 Å². The molecule has 146 valence electrons. The summed E-state index contributed by atoms with van der Waals surface area (Å²) in [5.74, 6) is -0.00886. The van der Waals surface area contributed by atoms with Crippen LogP contribution in [0.5, 0.6) is 0 Å². The third-order valence-corrected chi connectivity index (χ3v) is 5.26. The van der Waals surface area contributed by atoms with Crippen molar-refractivity contribution in [3.05, 3.63) is 35.9 Å². The van der Waals surface area contributed by atoms with Crippen LogP contribution in [0.15, 0.2) is 30.3 Å². The predicted molar refractivity (Wildman–Crippen MR) is 105 cm³/mol. The number of hydrogen-bond donors (Lipinski definition) is 2. The molecule has 1 heterocycles. The molecular weight excluding hydrogens is 326 g/mol. The Labute approximate surface area is 158 Å². The summed E-state index contributed by atoms with van der Waals surface area (Å²) in [6.45, 7) is 10.2. The van der Waals surface area contributed by atoms with Crippen molar-refractivity contribution in [3.8, 4) is 0 Å². The number of aliphatic hydroxyl groups is 1. The topological polar surface area (TPSA) is 58.6 Å². The number of rotatable bonds is 6. The van der Waals surface area contributed by atoms with Gasteiger partial charge in [0.1, 0.15) is 0 Å². The van der Waals surface area contributed by atoms with Crippen LogP contribution in [-0.4, -0.2) is 34.9 Å². The third kappa shape index (κ3) is 6.40. The summed E-state index contributed by atoms with van der Waals surface area (Å²) in [5, 5.41) is 13.7. The number of nitrogens with one attached hydrogen (secondary N) is 1. The second kappa shape index (κ2) is 8.53. The van der Waals surface area contributed by atoms with Crippen LogP contribution in [0.1, 0.15) is 65.9 Å². The Morgan fingerprint density at radius 2 is 1.96 bits per heavy atom. The molecule has 1 amide bonds. The van der Waals surface area contributed by atoms with Crippen LogP contribution in [0.25, 0.3) is 0 Å². The van der Waals surface area contributed by atoms with Crippen LogP contribution in [0, 0.1) is 5.41 Å². The van der Waals surface area contributed by atoms with Gasteiger partial charge in [0.2, 0.25) is 5.91 Å². The molecule has 0 spiro atoms. The van der Waals surface area contributed by atoms with Crippen molar-refractivity contribution in [2.75, 3.05) is 0 Å². The lowest BCUT2D eigenvalue weighted by atomic mass is 9.75. The minimum absolute atomic E-state index is 0.00656. The van der Waals surface area contributed by atoms with Gasteiger partial charge in [0, 0.05) is 12.5 Å². The first-order valence-corrected chi connectivity index (χ1v) is 9.73. The average Bonchev–Trinajstić information content (AvgIpc) is 2.51. The maximum absolute atomic E-state index is 11.7. The molecule has 1 aromatic rings. The number of aryl methyl sites for hydroxylation is 1. The predicted octanol–water partition coefficient (Wildman–Crippen LogP) is 3.86. The van der Waals surface area contributed by atoms with E-state index in [1.165, 1.54) is 5.56 Å². The van der Waals surface area contributed by atoms with Crippen LogP contribution in [0.4, 0.5) is 0 Å². The van der Waals surface area contributed by atoms with E-state index < -0.39 is 6.10 Å². The lowest BCUT2D eigenvalue weighted by Gasteiger charge is -2.47. The molecule has 2 N–H and O–H groups in total. The summed E-state index contributed by atoms with van der Waals surface area (Å²) in [4.78, 5) is 11.7. The normalized spacial score (nSPS) is 27.8. The number of carbonyl (C=O) groups is 1. The number of benzene rings is 1. The Kier molecular flexibility index (Phi) is 6.86. The van der Waals surface area contributed by atoms with E-state index in [0.29, 0.717) is 6.42 Å². The van der Waals surface area contributed by atoms with E-state index in [1.54, 1.807) is 6.92 Å². The third-order valence-electron chi connectivity index (χ3n) is 5.26. The van der Waals surface area contributed by atoms with Gasteiger partial charge in [0.25, 0.3) is 0 Å². The second-order valence-corrected chi connectivity index (χ2v) is 9.18. The van der Waals surface area contributed by atoms with Gasteiger partial charge >= 0.3 is 0 Å². The number of amides is 1. The summed E-state index contributed by atoms with van der Waals surface area (Å²) in [6, 6.07) is 10.2. The van der Waals surface area contributed by atoms with Crippen LogP contribution in [0.2, 0.25) is 0 Å². The maximum Gasteiger partial charge on any atom is 0.217 e. The fraction of sp³-hybridized carbons (Fsp3) is 0.682. The van der Waals surface area contributed by atoms with E-state index >= 15 is 0 Å². The fourth-order valence-electron chi connectivity index (χ4n) is 3.90. The van der Waals surface area contributed by atoms with Crippen molar-refractivity contribution in [1.82, 2.24) is 5.32 Å². The summed E-state index contributed by atoms with van der Waals surface area (Å²) >= 11 is 0. The van der Waals surface area contributed by atoms with Gasteiger partial charge in [-0.2, -0.15) is 0 Å². The number of hydrogen-bond acceptors (Lipinski definition) is 3. The van der Waals surface area contributed by atoms with E-state index in [-0.39, 0.29) is 29.1 Å². The zero-order valence-corrected chi connectivity index (χ0v) is 16.9. The highest BCUT2D eigenvalue weighted by molar-refractivity contribution is 5.73. The van der Waals surface area contributed by atoms with Crippen molar-refractivity contribution in [2.24, 2.45) is 5.41 Å². The molecule has 1 saturated heterocycles. The summed E-state index contributed by atoms with van der Waals surface area (Å²) in [5.41, 5.74) is 0.950. The molecule has 0 bridgehead atoms. The van der Waals surface area contributed by atoms with Crippen LogP contribution < -0.4 is 5.32 Å². The first-order chi connectivity index (χ1) is 12.1. The summed E-state index contributed by atoms with van der Waals surface area (Å²) in [7, 11) is 0. The highest BCUT2D eigenvalue weighted by Crippen LogP contribution is 2.38. The minimum Gasteiger partial charge on any atom is -0.393 e. The quantitative estimate of drug-likeness (QED) is 0.809. The standard InChI is InChI=1S/C22H35NO3/c1-16(24)23-22(5)14-19(26-20(15-22)21(2,3)4)13-18(25)12-11-17-9-7-6-8-10-17/h6-10,18-20,25H,11-15H2,1-5H3,(H,23,24)/t18-,19+,20+,22?/m0/s1. The largest absolute Gasteiger partial charge is 0.393 e. The molecule has 1 aromatic carbocycles. The SMILES string of the molecule is CC(=O)NC1(C)C[C@@H](C[C@@H](O)CCc2ccccc2)O[C@@H](C(C)(C)C)C1. The molecule has 4 heteroatoms. The molecule has 4 atom stereocenters. The van der Waals surface area contributed by atoms with Gasteiger partial charge in [0.05, 0.1) is 18.3 Å². The summed E-state index contributed by atoms with van der Waals surface area (Å²) in [6.07, 6.45) is 3.33. The Morgan fingerprint density at radius 3 is 2.54 bits per heavy atom. The molecule has 1 aliphatic heterocycles. The van der Waals surface area contributed by atoms with E-state index in [9.17, 15) is 9.90 Å². The highest BCUT2D eigenvalue weighted by Gasteiger charge is 2.43. The number of aliphatic hydroxyl groups excluding tert-OH is 1. The molecule has 0 aromatic heterocycles. The van der Waals surface area contributed by atoms with Crippen LogP contribution in [-0.2, 0) is 16.0 Å². The van der Waals surface area contributed by atoms with Crippen LogP contribution in [0.3, 0.4) is 0 Å². The van der Waals surface area contributed by atoms with Gasteiger partial charge in [-0.1, -0.05) is 51.1 Å². The van der Waals surface area contributed by atoms with Gasteiger partial charge in [-0.3, -0.25) is 4.79 Å². The average molecular weight is 362 g/mol. The Morgan fingerprint density at radius 1 is 1.31 bits per heavy atom. The number of carbonyl (C=O) groups excluding carboxylic acids is 1. The molecule has 0 aliphatic carbocycles. The lowest BCUT2D eigenvalue weighted by Crippen LogP contribution is -2.56. The minimum atomic E-state index is -0.402. The molecule has 26 heavy (non-hydrogen) atoms. The number of ether oxygens (including phenoxy) is 1. The lowest BCUT2D eigenvalue weighted by molar-refractivity contribution is -0.143. The Balaban J connectivity index is 1.98. The molecule has 0 radical (unpaired) electrons. The van der Waals surface area contributed by atoms with Crippen molar-refractivity contribution >= 4 is 5.91 Å². The monoisotopic (exact) mass is 361 g/mol. The summed E-state index contributed by atoms with van der Waals surface area (Å²) < 4.78 is 6.34. The maximum atomic E-state index is 11.7. The van der Waals surface area contributed by atoms with Crippen molar-refractivity contribution in [1.29, 1.82) is 0 Å². The van der Waals surface area contributed by atoms with Gasteiger partial charge in [0.15, 0.2) is 0 Å². The van der Waals surface area contributed by atoms with E-state index in [2.05, 4.69) is 45.1 Å². The Bertz CT molecular complexity index is 581. The smallest absolute Gasteiger partial charge is 0.217 e. The van der Waals surface area contributed by atoms with Crippen molar-refractivity contribution in [3.63, 3.8) is 0 Å². The van der Waals surface area contributed by atoms with Gasteiger partial charge in [-0.15, -0.1) is 0 Å². The zero-order valence-electron chi connectivity index (χ0n) is 16.9. The van der Waals surface area contributed by atoms with Gasteiger partial charge in [-0.25, -0.2) is 0 Å². The molecule has 1 fully saturated rings. The molecule has 1 unspecified atom stereocenters. The van der Waals surface area contributed by atoms with E-state index in [1.807, 2.05) is 18.2 Å². The molecule has 1 aliphatic rings. The van der Waals surface area contributed by atoms with Crippen molar-refractivity contribution < 1.29 is 14.6 Å². The van der Waals surface area contributed by atoms with E-state index in [0.717, 1.165) is 25.7 Å². The molecule has 2 rings (SSSR count). The Hall–Kier alpha value is -1.39. The molecular formula is C22H35NO3. The highest BCUT2D eigenvalue weighted by atomic mass is 16.5. The van der Waals surface area contributed by atoms with Gasteiger partial charge < -0.3 is 15.2 Å². The second-order valence-electron chi connectivity index (χ2n) is 9.18. The van der Waals surface area contributed by atoms with Crippen molar-refractivity contribution in [2.45, 2.75) is 90.6 Å². The van der Waals surface area contributed by atoms with Crippen LogP contribution >= 0.6 is 0 Å². The molecule has 0 saturated carbocycles. The molecule has 4 nitrogen and oxygen atoms in total. The first-order valence-electron chi connectivity index (χ1n) is 9.73. The zero-order chi connectivity index (χ0) is 19.4. The van der Waals surface area contributed by atoms with E-state index in [4.69, 9.17) is 4.74 Å². The first kappa shape index (κ1) is 20.9. The fourth-order valence-corrected chi connectivity index (χ4v) is 3.90.